The summed E-state index contributed by atoms with van der Waals surface area (Å²) >= 11 is 0. The standard InChI is InChI=1S/C12H11N3/c1-8(2)11-7-14-12-9(6-13)4-3-5-10(12)15-11/h3-5,7-8H,1-2H3. The molecule has 15 heavy (non-hydrogen) atoms. The van der Waals surface area contributed by atoms with Crippen LogP contribution in [0.1, 0.15) is 31.0 Å². The normalized spacial score (nSPS) is 10.5. The van der Waals surface area contributed by atoms with E-state index in [9.17, 15) is 0 Å². The lowest BCUT2D eigenvalue weighted by atomic mass is 10.1. The van der Waals surface area contributed by atoms with Gasteiger partial charge in [-0.1, -0.05) is 19.9 Å². The molecule has 0 fully saturated rings. The van der Waals surface area contributed by atoms with Gasteiger partial charge < -0.3 is 0 Å². The lowest BCUT2D eigenvalue weighted by molar-refractivity contribution is 0.822. The van der Waals surface area contributed by atoms with Crippen LogP contribution in [0.3, 0.4) is 0 Å². The molecular weight excluding hydrogens is 186 g/mol. The zero-order valence-electron chi connectivity index (χ0n) is 8.73. The van der Waals surface area contributed by atoms with E-state index in [2.05, 4.69) is 29.9 Å². The predicted molar refractivity (Wildman–Crippen MR) is 58.3 cm³/mol. The summed E-state index contributed by atoms with van der Waals surface area (Å²) in [6.45, 7) is 4.15. The first-order chi connectivity index (χ1) is 7.22. The van der Waals surface area contributed by atoms with Crippen molar-refractivity contribution in [3.05, 3.63) is 35.7 Å². The largest absolute Gasteiger partial charge is 0.251 e. The molecule has 0 saturated heterocycles. The Kier molecular flexibility index (Phi) is 2.34. The maximum Gasteiger partial charge on any atom is 0.106 e. The molecule has 0 unspecified atom stereocenters. The van der Waals surface area contributed by atoms with Gasteiger partial charge in [-0.3, -0.25) is 4.98 Å². The van der Waals surface area contributed by atoms with Gasteiger partial charge in [0.1, 0.15) is 11.6 Å². The van der Waals surface area contributed by atoms with Gasteiger partial charge in [-0.2, -0.15) is 5.26 Å². The lowest BCUT2D eigenvalue weighted by Crippen LogP contribution is -1.96. The number of fused-ring (bicyclic) bond motifs is 1. The summed E-state index contributed by atoms with van der Waals surface area (Å²) in [5.41, 5.74) is 3.01. The molecule has 0 aliphatic heterocycles. The summed E-state index contributed by atoms with van der Waals surface area (Å²) < 4.78 is 0. The van der Waals surface area contributed by atoms with Crippen LogP contribution in [0.2, 0.25) is 0 Å². The molecule has 0 saturated carbocycles. The zero-order chi connectivity index (χ0) is 10.8. The topological polar surface area (TPSA) is 49.6 Å². The Bertz CT molecular complexity index is 538. The van der Waals surface area contributed by atoms with E-state index in [-0.39, 0.29) is 0 Å². The number of hydrogen-bond acceptors (Lipinski definition) is 3. The van der Waals surface area contributed by atoms with Gasteiger partial charge in [-0.15, -0.1) is 0 Å². The van der Waals surface area contributed by atoms with Crippen LogP contribution in [0.15, 0.2) is 24.4 Å². The SMILES string of the molecule is CC(C)c1cnc2c(C#N)cccc2n1. The minimum atomic E-state index is 0.354. The number of nitrogens with zero attached hydrogens (tertiary/aromatic N) is 3. The maximum absolute atomic E-state index is 8.90. The van der Waals surface area contributed by atoms with Crippen LogP contribution in [-0.2, 0) is 0 Å². The number of aromatic nitrogens is 2. The Morgan fingerprint density at radius 1 is 1.33 bits per heavy atom. The summed E-state index contributed by atoms with van der Waals surface area (Å²) in [4.78, 5) is 8.76. The van der Waals surface area contributed by atoms with Crippen LogP contribution in [-0.4, -0.2) is 9.97 Å². The van der Waals surface area contributed by atoms with E-state index in [1.165, 1.54) is 0 Å². The first kappa shape index (κ1) is 9.60. The molecule has 0 spiro atoms. The molecule has 0 aliphatic carbocycles. The molecule has 0 atom stereocenters. The van der Waals surface area contributed by atoms with Crippen LogP contribution >= 0.6 is 0 Å². The summed E-state index contributed by atoms with van der Waals surface area (Å²) in [5, 5.41) is 8.90. The number of hydrogen-bond donors (Lipinski definition) is 0. The van der Waals surface area contributed by atoms with Crippen LogP contribution < -0.4 is 0 Å². The van der Waals surface area contributed by atoms with E-state index in [4.69, 9.17) is 5.26 Å². The molecule has 1 aromatic heterocycles. The van der Waals surface area contributed by atoms with Crippen molar-refractivity contribution in [2.24, 2.45) is 0 Å². The predicted octanol–water partition coefficient (Wildman–Crippen LogP) is 2.62. The van der Waals surface area contributed by atoms with E-state index >= 15 is 0 Å². The van der Waals surface area contributed by atoms with Crippen molar-refractivity contribution in [3.63, 3.8) is 0 Å². The third kappa shape index (κ3) is 1.66. The highest BCUT2D eigenvalue weighted by atomic mass is 14.8. The highest BCUT2D eigenvalue weighted by molar-refractivity contribution is 5.80. The average molecular weight is 197 g/mol. The molecule has 1 heterocycles. The van der Waals surface area contributed by atoms with E-state index in [1.807, 2.05) is 12.1 Å². The lowest BCUT2D eigenvalue weighted by Gasteiger charge is -2.05. The van der Waals surface area contributed by atoms with Crippen LogP contribution in [0.25, 0.3) is 11.0 Å². The zero-order valence-corrected chi connectivity index (χ0v) is 8.73. The molecule has 0 N–H and O–H groups in total. The van der Waals surface area contributed by atoms with Gasteiger partial charge in [0.2, 0.25) is 0 Å². The fourth-order valence-corrected chi connectivity index (χ4v) is 1.42. The smallest absolute Gasteiger partial charge is 0.106 e. The number of rotatable bonds is 1. The first-order valence-corrected chi connectivity index (χ1v) is 4.88. The summed E-state index contributed by atoms with van der Waals surface area (Å²) in [5.74, 6) is 0.354. The van der Waals surface area contributed by atoms with Crippen molar-refractivity contribution < 1.29 is 0 Å². The van der Waals surface area contributed by atoms with E-state index < -0.39 is 0 Å². The third-order valence-electron chi connectivity index (χ3n) is 2.30. The Balaban J connectivity index is 2.70. The molecular formula is C12H11N3. The molecule has 3 heteroatoms. The fraction of sp³-hybridized carbons (Fsp3) is 0.250. The van der Waals surface area contributed by atoms with Gasteiger partial charge in [0, 0.05) is 6.20 Å². The highest BCUT2D eigenvalue weighted by Crippen LogP contribution is 2.17. The molecule has 2 rings (SSSR count). The molecule has 0 radical (unpaired) electrons. The average Bonchev–Trinajstić information content (AvgIpc) is 2.27. The molecule has 3 nitrogen and oxygen atoms in total. The second kappa shape index (κ2) is 3.66. The minimum Gasteiger partial charge on any atom is -0.251 e. The molecule has 74 valence electrons. The van der Waals surface area contributed by atoms with Crippen molar-refractivity contribution in [1.82, 2.24) is 9.97 Å². The van der Waals surface area contributed by atoms with Crippen molar-refractivity contribution in [1.29, 1.82) is 5.26 Å². The Labute approximate surface area is 88.4 Å². The fourth-order valence-electron chi connectivity index (χ4n) is 1.42. The summed E-state index contributed by atoms with van der Waals surface area (Å²) in [6.07, 6.45) is 1.74. The van der Waals surface area contributed by atoms with Gasteiger partial charge >= 0.3 is 0 Å². The molecule has 0 bridgehead atoms. The number of nitriles is 1. The molecule has 1 aromatic carbocycles. The van der Waals surface area contributed by atoms with Gasteiger partial charge in [0.15, 0.2) is 0 Å². The number of benzene rings is 1. The maximum atomic E-state index is 8.90. The quantitative estimate of drug-likeness (QED) is 0.706. The molecule has 0 aliphatic rings. The molecule has 2 aromatic rings. The van der Waals surface area contributed by atoms with Crippen LogP contribution in [0.5, 0.6) is 0 Å². The van der Waals surface area contributed by atoms with E-state index in [0.29, 0.717) is 17.0 Å². The van der Waals surface area contributed by atoms with Crippen molar-refractivity contribution >= 4 is 11.0 Å². The summed E-state index contributed by atoms with van der Waals surface area (Å²) in [6, 6.07) is 7.59. The van der Waals surface area contributed by atoms with Gasteiger partial charge in [0.05, 0.1) is 16.8 Å². The van der Waals surface area contributed by atoms with Crippen molar-refractivity contribution in [3.8, 4) is 6.07 Å². The van der Waals surface area contributed by atoms with Crippen LogP contribution in [0, 0.1) is 11.3 Å². The van der Waals surface area contributed by atoms with Gasteiger partial charge in [0.25, 0.3) is 0 Å². The first-order valence-electron chi connectivity index (χ1n) is 4.88. The van der Waals surface area contributed by atoms with Gasteiger partial charge in [-0.05, 0) is 18.1 Å². The Morgan fingerprint density at radius 3 is 2.80 bits per heavy atom. The molecule has 0 amide bonds. The monoisotopic (exact) mass is 197 g/mol. The van der Waals surface area contributed by atoms with E-state index in [0.717, 1.165) is 11.2 Å². The summed E-state index contributed by atoms with van der Waals surface area (Å²) in [7, 11) is 0. The Hall–Kier alpha value is -1.95. The van der Waals surface area contributed by atoms with E-state index in [1.54, 1.807) is 12.3 Å². The second-order valence-corrected chi connectivity index (χ2v) is 3.73. The Morgan fingerprint density at radius 2 is 2.13 bits per heavy atom. The van der Waals surface area contributed by atoms with Crippen molar-refractivity contribution in [2.75, 3.05) is 0 Å². The van der Waals surface area contributed by atoms with Crippen molar-refractivity contribution in [2.45, 2.75) is 19.8 Å². The minimum absolute atomic E-state index is 0.354. The van der Waals surface area contributed by atoms with Crippen LogP contribution in [0.4, 0.5) is 0 Å². The van der Waals surface area contributed by atoms with Gasteiger partial charge in [-0.25, -0.2) is 4.98 Å². The number of para-hydroxylation sites is 1. The second-order valence-electron chi connectivity index (χ2n) is 3.73. The third-order valence-corrected chi connectivity index (χ3v) is 2.30. The highest BCUT2D eigenvalue weighted by Gasteiger charge is 2.06.